The van der Waals surface area contributed by atoms with Gasteiger partial charge < -0.3 is 14.8 Å². The summed E-state index contributed by atoms with van der Waals surface area (Å²) in [5.41, 5.74) is 0.631. The molecular weight excluding hydrogens is 338 g/mol. The van der Waals surface area contributed by atoms with E-state index in [0.29, 0.717) is 30.6 Å². The van der Waals surface area contributed by atoms with E-state index in [9.17, 15) is 14.4 Å². The van der Waals surface area contributed by atoms with Crippen LogP contribution in [0.5, 0.6) is 0 Å². The number of aryl methyl sites for hydroxylation is 1. The molecule has 3 rings (SSSR count). The van der Waals surface area contributed by atoms with Crippen molar-refractivity contribution in [2.24, 2.45) is 0 Å². The van der Waals surface area contributed by atoms with E-state index in [-0.39, 0.29) is 11.1 Å². The molecular formula is C18H21N3O5. The Labute approximate surface area is 150 Å². The number of rotatable bonds is 6. The first-order valence-electron chi connectivity index (χ1n) is 8.52. The maximum absolute atomic E-state index is 12.4. The first-order chi connectivity index (χ1) is 12.5. The second-order valence-corrected chi connectivity index (χ2v) is 6.15. The molecule has 0 radical (unpaired) electrons. The van der Waals surface area contributed by atoms with Gasteiger partial charge in [-0.2, -0.15) is 0 Å². The van der Waals surface area contributed by atoms with Crippen molar-refractivity contribution in [1.82, 2.24) is 14.9 Å². The molecule has 1 aliphatic heterocycles. The van der Waals surface area contributed by atoms with Gasteiger partial charge in [0.1, 0.15) is 5.82 Å². The Kier molecular flexibility index (Phi) is 5.32. The van der Waals surface area contributed by atoms with Crippen molar-refractivity contribution in [2.75, 3.05) is 20.3 Å². The third-order valence-corrected chi connectivity index (χ3v) is 4.31. The fraction of sp³-hybridized carbons (Fsp3) is 0.444. The molecule has 8 heteroatoms. The zero-order chi connectivity index (χ0) is 18.7. The normalized spacial score (nSPS) is 14.1. The number of ether oxygens (including phenoxy) is 2. The molecule has 1 aromatic heterocycles. The van der Waals surface area contributed by atoms with Gasteiger partial charge in [-0.05, 0) is 31.5 Å². The number of carbonyl (C=O) groups is 2. The van der Waals surface area contributed by atoms with Gasteiger partial charge in [0.2, 0.25) is 0 Å². The fourth-order valence-electron chi connectivity index (χ4n) is 2.91. The van der Waals surface area contributed by atoms with Crippen LogP contribution in [0.25, 0.3) is 10.9 Å². The number of benzene rings is 1. The summed E-state index contributed by atoms with van der Waals surface area (Å²) in [4.78, 5) is 41.1. The van der Waals surface area contributed by atoms with Gasteiger partial charge in [0.05, 0.1) is 23.1 Å². The first-order valence-corrected chi connectivity index (χ1v) is 8.52. The topological polar surface area (TPSA) is 99.5 Å². The van der Waals surface area contributed by atoms with Gasteiger partial charge in [-0.1, -0.05) is 0 Å². The maximum Gasteiger partial charge on any atom is 0.338 e. The van der Waals surface area contributed by atoms with Crippen LogP contribution in [-0.2, 0) is 27.2 Å². The second kappa shape index (κ2) is 7.65. The number of nitrogens with one attached hydrogen (secondary N) is 1. The van der Waals surface area contributed by atoms with Crippen LogP contribution in [0.2, 0.25) is 0 Å². The molecule has 1 amide bonds. The summed E-state index contributed by atoms with van der Waals surface area (Å²) in [7, 11) is 1.53. The molecule has 138 valence electrons. The van der Waals surface area contributed by atoms with Gasteiger partial charge in [-0.25, -0.2) is 9.78 Å². The molecule has 26 heavy (non-hydrogen) atoms. The van der Waals surface area contributed by atoms with Crippen molar-refractivity contribution in [3.05, 3.63) is 39.9 Å². The Hall–Kier alpha value is -2.74. The number of carbonyl (C=O) groups excluding carboxylic acids is 2. The largest absolute Gasteiger partial charge is 0.449 e. The average molecular weight is 359 g/mol. The summed E-state index contributed by atoms with van der Waals surface area (Å²) in [6.45, 7) is 2.89. The van der Waals surface area contributed by atoms with Gasteiger partial charge in [0.25, 0.3) is 11.5 Å². The van der Waals surface area contributed by atoms with Crippen LogP contribution in [0.3, 0.4) is 0 Å². The lowest BCUT2D eigenvalue weighted by Gasteiger charge is -2.13. The fourth-order valence-corrected chi connectivity index (χ4v) is 2.91. The summed E-state index contributed by atoms with van der Waals surface area (Å²) < 4.78 is 11.7. The maximum atomic E-state index is 12.4. The Morgan fingerprint density at radius 2 is 2.19 bits per heavy atom. The van der Waals surface area contributed by atoms with Crippen LogP contribution in [0.4, 0.5) is 0 Å². The molecule has 0 saturated carbocycles. The van der Waals surface area contributed by atoms with Crippen LogP contribution in [-0.4, -0.2) is 47.8 Å². The van der Waals surface area contributed by atoms with Crippen LogP contribution in [0.1, 0.15) is 29.5 Å². The molecule has 1 aromatic carbocycles. The molecule has 2 aromatic rings. The van der Waals surface area contributed by atoms with Crippen molar-refractivity contribution in [3.63, 3.8) is 0 Å². The molecule has 0 spiro atoms. The number of fused-ring (bicyclic) bond motifs is 2. The van der Waals surface area contributed by atoms with Gasteiger partial charge in [-0.15, -0.1) is 0 Å². The van der Waals surface area contributed by atoms with E-state index < -0.39 is 18.0 Å². The lowest BCUT2D eigenvalue weighted by Crippen LogP contribution is -2.37. The summed E-state index contributed by atoms with van der Waals surface area (Å²) in [6, 6.07) is 4.63. The van der Waals surface area contributed by atoms with E-state index in [0.717, 1.165) is 18.7 Å². The van der Waals surface area contributed by atoms with E-state index in [1.54, 1.807) is 10.6 Å². The molecule has 1 aliphatic rings. The summed E-state index contributed by atoms with van der Waals surface area (Å²) in [5.74, 6) is -0.298. The minimum Gasteiger partial charge on any atom is -0.449 e. The molecule has 2 heterocycles. The Morgan fingerprint density at radius 3 is 2.96 bits per heavy atom. The minimum atomic E-state index is -0.936. The number of nitrogens with zero attached hydrogens (tertiary/aromatic N) is 2. The van der Waals surface area contributed by atoms with E-state index in [4.69, 9.17) is 9.47 Å². The highest BCUT2D eigenvalue weighted by Gasteiger charge is 2.20. The Bertz CT molecular complexity index is 906. The summed E-state index contributed by atoms with van der Waals surface area (Å²) in [6.07, 6.45) is 0.704. The SMILES string of the molecule is COCCNC(=O)[C@H](C)OC(=O)c1ccc2c(=O)n3c(nc2c1)CCC3. The molecule has 0 fully saturated rings. The number of hydrogen-bond donors (Lipinski definition) is 1. The molecule has 0 aliphatic carbocycles. The monoisotopic (exact) mass is 359 g/mol. The van der Waals surface area contributed by atoms with Crippen molar-refractivity contribution in [2.45, 2.75) is 32.4 Å². The highest BCUT2D eigenvalue weighted by Crippen LogP contribution is 2.17. The van der Waals surface area contributed by atoms with Gasteiger partial charge in [-0.3, -0.25) is 14.2 Å². The van der Waals surface area contributed by atoms with Crippen molar-refractivity contribution in [3.8, 4) is 0 Å². The lowest BCUT2D eigenvalue weighted by molar-refractivity contribution is -0.129. The summed E-state index contributed by atoms with van der Waals surface area (Å²) in [5, 5.41) is 3.08. The average Bonchev–Trinajstić information content (AvgIpc) is 3.10. The molecule has 8 nitrogen and oxygen atoms in total. The van der Waals surface area contributed by atoms with E-state index >= 15 is 0 Å². The van der Waals surface area contributed by atoms with Crippen LogP contribution in [0, 0.1) is 0 Å². The standard InChI is InChI=1S/C18H21N3O5/c1-11(16(22)19-7-9-25-2)26-18(24)12-5-6-13-14(10-12)20-15-4-3-8-21(15)17(13)23/h5-6,10-11H,3-4,7-9H2,1-2H3,(H,19,22)/t11-/m0/s1. The highest BCUT2D eigenvalue weighted by molar-refractivity contribution is 5.95. The molecule has 0 bridgehead atoms. The predicted octanol–water partition coefficient (Wildman–Crippen LogP) is 0.651. The highest BCUT2D eigenvalue weighted by atomic mass is 16.5. The first kappa shape index (κ1) is 18.1. The number of esters is 1. The van der Waals surface area contributed by atoms with Gasteiger partial charge >= 0.3 is 5.97 Å². The van der Waals surface area contributed by atoms with Crippen LogP contribution < -0.4 is 10.9 Å². The number of amides is 1. The van der Waals surface area contributed by atoms with Crippen LogP contribution in [0.15, 0.2) is 23.0 Å². The third-order valence-electron chi connectivity index (χ3n) is 4.31. The van der Waals surface area contributed by atoms with Crippen molar-refractivity contribution < 1.29 is 19.1 Å². The molecule has 0 unspecified atom stereocenters. The van der Waals surface area contributed by atoms with Crippen LogP contribution >= 0.6 is 0 Å². The molecule has 0 saturated heterocycles. The lowest BCUT2D eigenvalue weighted by atomic mass is 10.1. The van der Waals surface area contributed by atoms with E-state index in [1.165, 1.54) is 26.2 Å². The zero-order valence-corrected chi connectivity index (χ0v) is 14.8. The Morgan fingerprint density at radius 1 is 1.38 bits per heavy atom. The van der Waals surface area contributed by atoms with E-state index in [1.807, 2.05) is 0 Å². The molecule has 1 N–H and O–H groups in total. The molecule has 1 atom stereocenters. The predicted molar refractivity (Wildman–Crippen MR) is 94.1 cm³/mol. The number of aromatic nitrogens is 2. The zero-order valence-electron chi connectivity index (χ0n) is 14.8. The van der Waals surface area contributed by atoms with Crippen molar-refractivity contribution >= 4 is 22.8 Å². The summed E-state index contributed by atoms with van der Waals surface area (Å²) >= 11 is 0. The van der Waals surface area contributed by atoms with Gasteiger partial charge in [0, 0.05) is 26.6 Å². The second-order valence-electron chi connectivity index (χ2n) is 6.15. The minimum absolute atomic E-state index is 0.0895. The van der Waals surface area contributed by atoms with Gasteiger partial charge in [0.15, 0.2) is 6.10 Å². The number of methoxy groups -OCH3 is 1. The quantitative estimate of drug-likeness (QED) is 0.601. The third kappa shape index (κ3) is 3.60. The Balaban J connectivity index is 1.76. The van der Waals surface area contributed by atoms with E-state index in [2.05, 4.69) is 10.3 Å². The smallest absolute Gasteiger partial charge is 0.338 e. The van der Waals surface area contributed by atoms with Crippen molar-refractivity contribution in [1.29, 1.82) is 0 Å². The number of hydrogen-bond acceptors (Lipinski definition) is 6.